The summed E-state index contributed by atoms with van der Waals surface area (Å²) in [4.78, 5) is 25.8. The van der Waals surface area contributed by atoms with Crippen LogP contribution in [0.1, 0.15) is 44.8 Å². The number of aliphatic hydroxyl groups excluding tert-OH is 1. The van der Waals surface area contributed by atoms with E-state index in [2.05, 4.69) is 0 Å². The molecule has 1 fully saturated rings. The van der Waals surface area contributed by atoms with Crippen LogP contribution in [0.25, 0.3) is 0 Å². The number of likely N-dealkylation sites (tertiary alicyclic amines) is 1. The lowest BCUT2D eigenvalue weighted by Gasteiger charge is -2.25. The average molecular weight is 310 g/mol. The molecule has 1 N–H and O–H groups in total. The minimum atomic E-state index is -0.962. The van der Waals surface area contributed by atoms with Crippen LogP contribution in [-0.4, -0.2) is 28.4 Å². The van der Waals surface area contributed by atoms with Crippen molar-refractivity contribution in [1.82, 2.24) is 4.90 Å². The van der Waals surface area contributed by atoms with Crippen molar-refractivity contribution in [3.8, 4) is 0 Å². The van der Waals surface area contributed by atoms with Crippen LogP contribution in [0.15, 0.2) is 24.3 Å². The van der Waals surface area contributed by atoms with Crippen molar-refractivity contribution in [1.29, 1.82) is 0 Å². The fourth-order valence-corrected chi connectivity index (χ4v) is 3.13. The highest BCUT2D eigenvalue weighted by atomic mass is 35.5. The van der Waals surface area contributed by atoms with Crippen LogP contribution in [0.5, 0.6) is 0 Å². The minimum absolute atomic E-state index is 0.0385. The molecule has 5 heteroatoms. The van der Waals surface area contributed by atoms with E-state index in [9.17, 15) is 14.7 Å². The zero-order valence-corrected chi connectivity index (χ0v) is 13.1. The van der Waals surface area contributed by atoms with E-state index in [-0.39, 0.29) is 24.8 Å². The van der Waals surface area contributed by atoms with Gasteiger partial charge in [0, 0.05) is 17.0 Å². The normalized spacial score (nSPS) is 19.1. The molecule has 2 amide bonds. The van der Waals surface area contributed by atoms with E-state index in [1.807, 2.05) is 13.8 Å². The molecule has 1 aromatic rings. The van der Waals surface area contributed by atoms with Gasteiger partial charge < -0.3 is 5.11 Å². The van der Waals surface area contributed by atoms with E-state index < -0.39 is 11.5 Å². The predicted molar refractivity (Wildman–Crippen MR) is 80.8 cm³/mol. The number of halogens is 1. The number of aliphatic hydroxyl groups is 1. The number of benzene rings is 1. The van der Waals surface area contributed by atoms with Crippen LogP contribution < -0.4 is 0 Å². The summed E-state index contributed by atoms with van der Waals surface area (Å²) in [6.07, 6.45) is 0.532. The molecule has 0 saturated carbocycles. The summed E-state index contributed by atoms with van der Waals surface area (Å²) in [7, 11) is 0. The molecule has 1 aromatic carbocycles. The molecular formula is C16H20ClNO3. The van der Waals surface area contributed by atoms with Crippen LogP contribution in [0.2, 0.25) is 5.02 Å². The predicted octanol–water partition coefficient (Wildman–Crippen LogP) is 2.94. The molecule has 1 unspecified atom stereocenters. The smallest absolute Gasteiger partial charge is 0.235 e. The van der Waals surface area contributed by atoms with Gasteiger partial charge in [-0.05, 0) is 18.9 Å². The zero-order valence-electron chi connectivity index (χ0n) is 12.3. The lowest BCUT2D eigenvalue weighted by atomic mass is 9.81. The highest BCUT2D eigenvalue weighted by molar-refractivity contribution is 6.31. The van der Waals surface area contributed by atoms with Gasteiger partial charge in [0.2, 0.25) is 11.8 Å². The maximum absolute atomic E-state index is 12.5. The third kappa shape index (κ3) is 2.83. The van der Waals surface area contributed by atoms with E-state index in [4.69, 9.17) is 11.6 Å². The van der Waals surface area contributed by atoms with E-state index in [0.29, 0.717) is 23.4 Å². The SMILES string of the molecule is CCC1(CC)CC(=O)N(CC(O)c2ccccc2Cl)C1=O. The van der Waals surface area contributed by atoms with Crippen molar-refractivity contribution in [3.05, 3.63) is 34.9 Å². The summed E-state index contributed by atoms with van der Waals surface area (Å²) >= 11 is 6.04. The van der Waals surface area contributed by atoms with Gasteiger partial charge in [-0.3, -0.25) is 14.5 Å². The van der Waals surface area contributed by atoms with Gasteiger partial charge in [0.15, 0.2) is 0 Å². The average Bonchev–Trinajstić information content (AvgIpc) is 2.72. The molecule has 0 spiro atoms. The fourth-order valence-electron chi connectivity index (χ4n) is 2.86. The number of rotatable bonds is 5. The van der Waals surface area contributed by atoms with Crippen LogP contribution in [0, 0.1) is 5.41 Å². The summed E-state index contributed by atoms with van der Waals surface area (Å²) < 4.78 is 0. The Hall–Kier alpha value is -1.39. The topological polar surface area (TPSA) is 57.6 Å². The number of amides is 2. The van der Waals surface area contributed by atoms with Crippen molar-refractivity contribution < 1.29 is 14.7 Å². The molecule has 1 aliphatic heterocycles. The first kappa shape index (κ1) is 16.0. The summed E-state index contributed by atoms with van der Waals surface area (Å²) in [6.45, 7) is 3.80. The molecule has 21 heavy (non-hydrogen) atoms. The third-order valence-electron chi connectivity index (χ3n) is 4.46. The summed E-state index contributed by atoms with van der Waals surface area (Å²) in [5.41, 5.74) is -0.0673. The minimum Gasteiger partial charge on any atom is -0.386 e. The Morgan fingerprint density at radius 1 is 1.29 bits per heavy atom. The Bertz CT molecular complexity index is 554. The molecule has 1 aliphatic rings. The fraction of sp³-hybridized carbons (Fsp3) is 0.500. The lowest BCUT2D eigenvalue weighted by Crippen LogP contribution is -2.37. The first-order valence-electron chi connectivity index (χ1n) is 7.22. The lowest BCUT2D eigenvalue weighted by molar-refractivity contribution is -0.143. The first-order valence-corrected chi connectivity index (χ1v) is 7.60. The van der Waals surface area contributed by atoms with Crippen molar-refractivity contribution in [3.63, 3.8) is 0 Å². The number of hydrogen-bond donors (Lipinski definition) is 1. The van der Waals surface area contributed by atoms with Crippen molar-refractivity contribution >= 4 is 23.4 Å². The van der Waals surface area contributed by atoms with E-state index in [0.717, 1.165) is 0 Å². The Labute approximate surface area is 129 Å². The molecule has 0 aliphatic carbocycles. The molecule has 1 saturated heterocycles. The molecule has 0 bridgehead atoms. The van der Waals surface area contributed by atoms with Gasteiger partial charge in [0.05, 0.1) is 18.1 Å². The van der Waals surface area contributed by atoms with E-state index in [1.165, 1.54) is 4.90 Å². The van der Waals surface area contributed by atoms with Gasteiger partial charge in [0.25, 0.3) is 0 Å². The van der Waals surface area contributed by atoms with Gasteiger partial charge in [-0.15, -0.1) is 0 Å². The number of carbonyl (C=O) groups excluding carboxylic acids is 2. The highest BCUT2D eigenvalue weighted by Gasteiger charge is 2.49. The number of hydrogen-bond acceptors (Lipinski definition) is 3. The Balaban J connectivity index is 2.18. The van der Waals surface area contributed by atoms with E-state index in [1.54, 1.807) is 24.3 Å². The maximum Gasteiger partial charge on any atom is 0.235 e. The molecule has 0 radical (unpaired) electrons. The second-order valence-corrected chi connectivity index (χ2v) is 5.92. The molecule has 1 atom stereocenters. The van der Waals surface area contributed by atoms with Crippen LogP contribution in [0.3, 0.4) is 0 Å². The summed E-state index contributed by atoms with van der Waals surface area (Å²) in [5, 5.41) is 10.7. The zero-order chi connectivity index (χ0) is 15.6. The van der Waals surface area contributed by atoms with Crippen LogP contribution >= 0.6 is 11.6 Å². The monoisotopic (exact) mass is 309 g/mol. The van der Waals surface area contributed by atoms with Crippen LogP contribution in [0.4, 0.5) is 0 Å². The second-order valence-electron chi connectivity index (χ2n) is 5.51. The van der Waals surface area contributed by atoms with Gasteiger partial charge in [0.1, 0.15) is 0 Å². The van der Waals surface area contributed by atoms with Gasteiger partial charge in [-0.25, -0.2) is 0 Å². The quantitative estimate of drug-likeness (QED) is 0.851. The van der Waals surface area contributed by atoms with Gasteiger partial charge in [-0.2, -0.15) is 0 Å². The van der Waals surface area contributed by atoms with E-state index >= 15 is 0 Å². The number of carbonyl (C=O) groups is 2. The summed E-state index contributed by atoms with van der Waals surface area (Å²) in [5.74, 6) is -0.390. The molecule has 0 aromatic heterocycles. The molecule has 2 rings (SSSR count). The molecule has 4 nitrogen and oxygen atoms in total. The molecular weight excluding hydrogens is 290 g/mol. The second kappa shape index (κ2) is 6.16. The first-order chi connectivity index (χ1) is 9.95. The standard InChI is InChI=1S/C16H20ClNO3/c1-3-16(4-2)9-14(20)18(15(16)21)10-13(19)11-7-5-6-8-12(11)17/h5-8,13,19H,3-4,9-10H2,1-2H3. The number of β-amino-alcohol motifs (C(OH)–C–C–N with tert-alkyl or cyclic N) is 1. The number of imide groups is 1. The maximum atomic E-state index is 12.5. The molecule has 1 heterocycles. The van der Waals surface area contributed by atoms with Crippen LogP contribution in [-0.2, 0) is 9.59 Å². The Kier molecular flexibility index (Phi) is 4.69. The summed E-state index contributed by atoms with van der Waals surface area (Å²) in [6, 6.07) is 6.91. The number of nitrogens with zero attached hydrogens (tertiary/aromatic N) is 1. The van der Waals surface area contributed by atoms with Crippen molar-refractivity contribution in [2.24, 2.45) is 5.41 Å². The largest absolute Gasteiger partial charge is 0.386 e. The third-order valence-corrected chi connectivity index (χ3v) is 4.81. The Morgan fingerprint density at radius 3 is 2.43 bits per heavy atom. The van der Waals surface area contributed by atoms with Crippen molar-refractivity contribution in [2.75, 3.05) is 6.54 Å². The van der Waals surface area contributed by atoms with Gasteiger partial charge in [-0.1, -0.05) is 43.6 Å². The van der Waals surface area contributed by atoms with Gasteiger partial charge >= 0.3 is 0 Å². The van der Waals surface area contributed by atoms with Crippen molar-refractivity contribution in [2.45, 2.75) is 39.2 Å². The molecule has 114 valence electrons. The highest BCUT2D eigenvalue weighted by Crippen LogP contribution is 2.40. The Morgan fingerprint density at radius 2 is 1.90 bits per heavy atom.